The van der Waals surface area contributed by atoms with Gasteiger partial charge >= 0.3 is 6.01 Å². The van der Waals surface area contributed by atoms with Gasteiger partial charge in [0, 0.05) is 16.0 Å². The molecule has 0 aliphatic rings. The van der Waals surface area contributed by atoms with Crippen molar-refractivity contribution in [3.05, 3.63) is 45.5 Å². The molecule has 0 amide bonds. The van der Waals surface area contributed by atoms with Crippen LogP contribution in [0, 0.1) is 20.7 Å². The predicted octanol–water partition coefficient (Wildman–Crippen LogP) is 2.88. The molecule has 0 saturated carbocycles. The lowest BCUT2D eigenvalue weighted by molar-refractivity contribution is 0.410. The lowest BCUT2D eigenvalue weighted by Gasteiger charge is -2.04. The van der Waals surface area contributed by atoms with Crippen LogP contribution in [0.5, 0.6) is 11.8 Å². The van der Waals surface area contributed by atoms with E-state index >= 15 is 0 Å². The summed E-state index contributed by atoms with van der Waals surface area (Å²) in [5.41, 5.74) is 0.235. The van der Waals surface area contributed by atoms with Gasteiger partial charge in [0.25, 0.3) is 0 Å². The third-order valence-electron chi connectivity index (χ3n) is 1.86. The minimum Gasteiger partial charge on any atom is -0.421 e. The Bertz CT molecular complexity index is 580. The first-order valence-corrected chi connectivity index (χ1v) is 5.62. The average molecular weight is 341 g/mol. The molecule has 0 fully saturated rings. The van der Waals surface area contributed by atoms with Crippen LogP contribution in [0.25, 0.3) is 0 Å². The van der Waals surface area contributed by atoms with Gasteiger partial charge in [-0.1, -0.05) is 0 Å². The van der Waals surface area contributed by atoms with Crippen LogP contribution in [0.4, 0.5) is 4.39 Å². The SMILES string of the molecule is N#Cc1ccc(Oc2ncc(I)cn2)c(F)c1. The molecule has 0 atom stereocenters. The zero-order valence-corrected chi connectivity index (χ0v) is 10.6. The summed E-state index contributed by atoms with van der Waals surface area (Å²) in [7, 11) is 0. The molecule has 0 spiro atoms. The van der Waals surface area contributed by atoms with E-state index in [2.05, 4.69) is 32.6 Å². The first-order valence-electron chi connectivity index (χ1n) is 4.54. The quantitative estimate of drug-likeness (QED) is 0.789. The van der Waals surface area contributed by atoms with Crippen molar-refractivity contribution in [2.75, 3.05) is 0 Å². The maximum atomic E-state index is 13.5. The fourth-order valence-corrected chi connectivity index (χ4v) is 1.38. The summed E-state index contributed by atoms with van der Waals surface area (Å²) < 4.78 is 19.5. The normalized spacial score (nSPS) is 9.71. The molecule has 0 radical (unpaired) electrons. The van der Waals surface area contributed by atoms with Crippen LogP contribution in [-0.2, 0) is 0 Å². The van der Waals surface area contributed by atoms with Gasteiger partial charge < -0.3 is 4.74 Å². The van der Waals surface area contributed by atoms with Gasteiger partial charge in [0.15, 0.2) is 11.6 Å². The third kappa shape index (κ3) is 2.88. The Labute approximate surface area is 110 Å². The van der Waals surface area contributed by atoms with Gasteiger partial charge in [-0.15, -0.1) is 0 Å². The van der Waals surface area contributed by atoms with E-state index in [1.807, 2.05) is 6.07 Å². The summed E-state index contributed by atoms with van der Waals surface area (Å²) in [5, 5.41) is 8.59. The third-order valence-corrected chi connectivity index (χ3v) is 2.42. The second kappa shape index (κ2) is 5.05. The van der Waals surface area contributed by atoms with Crippen LogP contribution >= 0.6 is 22.6 Å². The van der Waals surface area contributed by atoms with Crippen molar-refractivity contribution < 1.29 is 9.13 Å². The first kappa shape index (κ1) is 11.7. The minimum atomic E-state index is -0.619. The topological polar surface area (TPSA) is 58.8 Å². The van der Waals surface area contributed by atoms with Gasteiger partial charge in [-0.2, -0.15) is 5.26 Å². The van der Waals surface area contributed by atoms with E-state index in [0.29, 0.717) is 0 Å². The van der Waals surface area contributed by atoms with Crippen LogP contribution in [0.15, 0.2) is 30.6 Å². The second-order valence-corrected chi connectivity index (χ2v) is 4.29. The summed E-state index contributed by atoms with van der Waals surface area (Å²) in [5.74, 6) is -0.628. The van der Waals surface area contributed by atoms with E-state index in [1.165, 1.54) is 12.1 Å². The molecule has 1 aromatic heterocycles. The van der Waals surface area contributed by atoms with Gasteiger partial charge in [0.05, 0.1) is 11.6 Å². The summed E-state index contributed by atoms with van der Waals surface area (Å²) in [6, 6.07) is 5.84. The van der Waals surface area contributed by atoms with Crippen molar-refractivity contribution >= 4 is 22.6 Å². The highest BCUT2D eigenvalue weighted by Crippen LogP contribution is 2.22. The molecule has 0 N–H and O–H groups in total. The predicted molar refractivity (Wildman–Crippen MR) is 65.9 cm³/mol. The van der Waals surface area contributed by atoms with E-state index in [9.17, 15) is 4.39 Å². The Morgan fingerprint density at radius 2 is 2.00 bits per heavy atom. The smallest absolute Gasteiger partial charge is 0.322 e. The number of hydrogen-bond donors (Lipinski definition) is 0. The number of benzene rings is 1. The largest absolute Gasteiger partial charge is 0.421 e. The van der Waals surface area contributed by atoms with Crippen LogP contribution in [0.3, 0.4) is 0 Å². The van der Waals surface area contributed by atoms with Crippen molar-refractivity contribution in [3.63, 3.8) is 0 Å². The Morgan fingerprint density at radius 1 is 1.29 bits per heavy atom. The summed E-state index contributed by atoms with van der Waals surface area (Å²) in [6.07, 6.45) is 3.12. The molecule has 0 bridgehead atoms. The van der Waals surface area contributed by atoms with Crippen LogP contribution in [0.2, 0.25) is 0 Å². The van der Waals surface area contributed by atoms with Crippen LogP contribution < -0.4 is 4.74 Å². The number of ether oxygens (including phenoxy) is 1. The number of aromatic nitrogens is 2. The number of hydrogen-bond acceptors (Lipinski definition) is 4. The minimum absolute atomic E-state index is 0.00907. The number of halogens is 2. The fraction of sp³-hybridized carbons (Fsp3) is 0. The highest BCUT2D eigenvalue weighted by atomic mass is 127. The second-order valence-electron chi connectivity index (χ2n) is 3.04. The summed E-state index contributed by atoms with van der Waals surface area (Å²) in [4.78, 5) is 7.77. The van der Waals surface area contributed by atoms with E-state index in [0.717, 1.165) is 9.64 Å². The van der Waals surface area contributed by atoms with Gasteiger partial charge in [-0.3, -0.25) is 0 Å². The molecule has 6 heteroatoms. The van der Waals surface area contributed by atoms with Gasteiger partial charge in [-0.05, 0) is 40.8 Å². The maximum absolute atomic E-state index is 13.5. The highest BCUT2D eigenvalue weighted by Gasteiger charge is 2.07. The summed E-state index contributed by atoms with van der Waals surface area (Å²) in [6.45, 7) is 0. The van der Waals surface area contributed by atoms with Crippen molar-refractivity contribution in [2.45, 2.75) is 0 Å². The molecule has 1 heterocycles. The Balaban J connectivity index is 2.25. The van der Waals surface area contributed by atoms with E-state index in [4.69, 9.17) is 10.00 Å². The van der Waals surface area contributed by atoms with E-state index in [1.54, 1.807) is 12.4 Å². The van der Waals surface area contributed by atoms with Crippen LogP contribution in [0.1, 0.15) is 5.56 Å². The molecular weight excluding hydrogens is 336 g/mol. The summed E-state index contributed by atoms with van der Waals surface area (Å²) >= 11 is 2.05. The van der Waals surface area contributed by atoms with Crippen molar-refractivity contribution in [1.29, 1.82) is 5.26 Å². The first-order chi connectivity index (χ1) is 8.19. The van der Waals surface area contributed by atoms with Crippen LogP contribution in [-0.4, -0.2) is 9.97 Å². The zero-order valence-electron chi connectivity index (χ0n) is 8.39. The molecule has 4 nitrogen and oxygen atoms in total. The monoisotopic (exact) mass is 341 g/mol. The molecule has 1 aromatic carbocycles. The van der Waals surface area contributed by atoms with Crippen molar-refractivity contribution in [1.82, 2.24) is 9.97 Å². The lowest BCUT2D eigenvalue weighted by atomic mass is 10.2. The molecule has 0 unspecified atom stereocenters. The number of nitriles is 1. The Hall–Kier alpha value is -1.75. The average Bonchev–Trinajstić information content (AvgIpc) is 2.34. The molecule has 0 aliphatic heterocycles. The molecule has 84 valence electrons. The maximum Gasteiger partial charge on any atom is 0.322 e. The van der Waals surface area contributed by atoms with Crippen molar-refractivity contribution in [3.8, 4) is 17.8 Å². The van der Waals surface area contributed by atoms with Gasteiger partial charge in [0.1, 0.15) is 0 Å². The van der Waals surface area contributed by atoms with E-state index in [-0.39, 0.29) is 17.3 Å². The molecule has 0 aliphatic carbocycles. The Morgan fingerprint density at radius 3 is 2.59 bits per heavy atom. The number of rotatable bonds is 2. The van der Waals surface area contributed by atoms with Gasteiger partial charge in [-0.25, -0.2) is 14.4 Å². The number of nitrogens with zero attached hydrogens (tertiary/aromatic N) is 3. The molecule has 0 saturated heterocycles. The Kier molecular flexibility index (Phi) is 3.49. The lowest BCUT2D eigenvalue weighted by Crippen LogP contribution is -1.94. The fourth-order valence-electron chi connectivity index (χ4n) is 1.10. The standard InChI is InChI=1S/C11H5FIN3O/c12-9-3-7(4-14)1-2-10(9)17-11-15-5-8(13)6-16-11/h1-3,5-6H. The molecule has 17 heavy (non-hydrogen) atoms. The molecular formula is C11H5FIN3O. The van der Waals surface area contributed by atoms with Gasteiger partial charge in [0.2, 0.25) is 0 Å². The molecule has 2 aromatic rings. The zero-order chi connectivity index (χ0) is 12.3. The molecule has 2 rings (SSSR count). The van der Waals surface area contributed by atoms with E-state index < -0.39 is 5.82 Å². The highest BCUT2D eigenvalue weighted by molar-refractivity contribution is 14.1. The van der Waals surface area contributed by atoms with Crippen molar-refractivity contribution in [2.24, 2.45) is 0 Å².